The summed E-state index contributed by atoms with van der Waals surface area (Å²) in [4.78, 5) is 5.40. The number of nitrogens with one attached hydrogen (secondary N) is 2. The maximum absolute atomic E-state index is 13.5. The van der Waals surface area contributed by atoms with Crippen molar-refractivity contribution in [3.63, 3.8) is 0 Å². The van der Waals surface area contributed by atoms with Crippen LogP contribution >= 0.6 is 23.6 Å². The summed E-state index contributed by atoms with van der Waals surface area (Å²) < 4.78 is 15.6. The predicted octanol–water partition coefficient (Wildman–Crippen LogP) is 3.47. The number of imidazole rings is 1. The molecule has 8 heteroatoms. The molecule has 0 aliphatic carbocycles. The molecule has 2 N–H and O–H groups in total. The van der Waals surface area contributed by atoms with Crippen molar-refractivity contribution in [2.45, 2.75) is 13.8 Å². The Hall–Kier alpha value is -2.32. The number of aryl methyl sites for hydroxylation is 2. The molecular formula is C15H14FN5S2. The van der Waals surface area contributed by atoms with Crippen LogP contribution in [-0.4, -0.2) is 20.7 Å². The van der Waals surface area contributed by atoms with Crippen LogP contribution in [0.25, 0.3) is 4.96 Å². The number of hydrazone groups is 1. The molecule has 1 aromatic carbocycles. The smallest absolute Gasteiger partial charge is 0.194 e. The monoisotopic (exact) mass is 347 g/mol. The lowest BCUT2D eigenvalue weighted by atomic mass is 10.3. The number of halogens is 1. The van der Waals surface area contributed by atoms with Crippen molar-refractivity contribution < 1.29 is 4.39 Å². The fourth-order valence-electron chi connectivity index (χ4n) is 2.14. The number of hydrogen-bond donors (Lipinski definition) is 2. The second-order valence-electron chi connectivity index (χ2n) is 4.88. The zero-order chi connectivity index (χ0) is 16.4. The van der Waals surface area contributed by atoms with Crippen LogP contribution < -0.4 is 10.7 Å². The van der Waals surface area contributed by atoms with Crippen LogP contribution in [0.15, 0.2) is 34.7 Å². The van der Waals surface area contributed by atoms with E-state index in [1.54, 1.807) is 35.8 Å². The topological polar surface area (TPSA) is 53.7 Å². The average molecular weight is 347 g/mol. The first-order valence-electron chi connectivity index (χ1n) is 6.84. The summed E-state index contributed by atoms with van der Waals surface area (Å²) in [5.41, 5.74) is 5.86. The van der Waals surface area contributed by atoms with E-state index in [0.717, 1.165) is 22.0 Å². The van der Waals surface area contributed by atoms with Gasteiger partial charge in [0.05, 0.1) is 23.3 Å². The van der Waals surface area contributed by atoms with E-state index in [1.165, 1.54) is 6.07 Å². The van der Waals surface area contributed by atoms with Gasteiger partial charge in [-0.25, -0.2) is 9.37 Å². The normalized spacial score (nSPS) is 11.3. The lowest BCUT2D eigenvalue weighted by Crippen LogP contribution is -2.24. The second kappa shape index (κ2) is 6.43. The number of hydrogen-bond acceptors (Lipinski definition) is 4. The van der Waals surface area contributed by atoms with E-state index in [1.807, 2.05) is 23.6 Å². The van der Waals surface area contributed by atoms with Crippen molar-refractivity contribution in [3.8, 4) is 0 Å². The van der Waals surface area contributed by atoms with Gasteiger partial charge in [-0.1, -0.05) is 12.1 Å². The Balaban J connectivity index is 1.71. The molecule has 0 aliphatic rings. The van der Waals surface area contributed by atoms with Crippen molar-refractivity contribution in [2.24, 2.45) is 5.10 Å². The Bertz CT molecular complexity index is 897. The fourth-order valence-corrected chi connectivity index (χ4v) is 3.22. The lowest BCUT2D eigenvalue weighted by molar-refractivity contribution is 0.632. The first-order chi connectivity index (χ1) is 11.1. The molecule has 0 fully saturated rings. The largest absolute Gasteiger partial charge is 0.329 e. The molecule has 5 nitrogen and oxygen atoms in total. The van der Waals surface area contributed by atoms with E-state index in [-0.39, 0.29) is 10.9 Å². The minimum absolute atomic E-state index is 0.215. The number of anilines is 1. The van der Waals surface area contributed by atoms with Gasteiger partial charge >= 0.3 is 0 Å². The Labute approximate surface area is 141 Å². The predicted molar refractivity (Wildman–Crippen MR) is 95.9 cm³/mol. The highest BCUT2D eigenvalue weighted by Gasteiger charge is 2.10. The van der Waals surface area contributed by atoms with E-state index in [0.29, 0.717) is 5.69 Å². The average Bonchev–Trinajstić information content (AvgIpc) is 3.02. The fraction of sp³-hybridized carbons (Fsp3) is 0.133. The third-order valence-corrected chi connectivity index (χ3v) is 4.37. The summed E-state index contributed by atoms with van der Waals surface area (Å²) >= 11 is 6.69. The Morgan fingerprint density at radius 3 is 2.96 bits per heavy atom. The standard InChI is InChI=1S/C15H14FN5S2/c1-9-8-23-15-18-10(2)13(21(9)15)7-17-20-14(22)19-12-6-4-3-5-11(12)16/h3-8H,1-2H3,(H2,19,20,22)/b17-7-. The molecule has 118 valence electrons. The zero-order valence-corrected chi connectivity index (χ0v) is 14.1. The molecule has 0 spiro atoms. The SMILES string of the molecule is Cc1nc2scc(C)n2c1/C=N\NC(=S)Nc1ccccc1F. The first kappa shape index (κ1) is 15.6. The number of fused-ring (bicyclic) bond motifs is 1. The number of benzene rings is 1. The van der Waals surface area contributed by atoms with E-state index >= 15 is 0 Å². The highest BCUT2D eigenvalue weighted by molar-refractivity contribution is 7.80. The van der Waals surface area contributed by atoms with Crippen molar-refractivity contribution in [1.29, 1.82) is 0 Å². The molecule has 23 heavy (non-hydrogen) atoms. The highest BCUT2D eigenvalue weighted by atomic mass is 32.1. The molecule has 0 radical (unpaired) electrons. The molecule has 0 bridgehead atoms. The summed E-state index contributed by atoms with van der Waals surface area (Å²) in [6.45, 7) is 3.94. The van der Waals surface area contributed by atoms with E-state index in [2.05, 4.69) is 20.8 Å². The lowest BCUT2D eigenvalue weighted by Gasteiger charge is -2.07. The third-order valence-electron chi connectivity index (χ3n) is 3.23. The van der Waals surface area contributed by atoms with Gasteiger partial charge in [0.25, 0.3) is 0 Å². The van der Waals surface area contributed by atoms with Crippen LogP contribution in [0.2, 0.25) is 0 Å². The third kappa shape index (κ3) is 3.22. The molecule has 0 saturated heterocycles. The molecule has 0 amide bonds. The van der Waals surface area contributed by atoms with Gasteiger partial charge in [-0.3, -0.25) is 9.83 Å². The van der Waals surface area contributed by atoms with E-state index in [4.69, 9.17) is 12.2 Å². The van der Waals surface area contributed by atoms with Gasteiger partial charge in [-0.15, -0.1) is 11.3 Å². The number of nitrogens with zero attached hydrogens (tertiary/aromatic N) is 3. The van der Waals surface area contributed by atoms with Crippen LogP contribution in [-0.2, 0) is 0 Å². The van der Waals surface area contributed by atoms with Gasteiger partial charge in [0.2, 0.25) is 0 Å². The molecule has 0 unspecified atom stereocenters. The van der Waals surface area contributed by atoms with Crippen LogP contribution in [0.1, 0.15) is 17.1 Å². The van der Waals surface area contributed by atoms with Gasteiger partial charge in [0.15, 0.2) is 10.1 Å². The summed E-state index contributed by atoms with van der Waals surface area (Å²) in [7, 11) is 0. The summed E-state index contributed by atoms with van der Waals surface area (Å²) in [5, 5.41) is 9.13. The van der Waals surface area contributed by atoms with Gasteiger partial charge in [0, 0.05) is 11.1 Å². The zero-order valence-electron chi connectivity index (χ0n) is 12.5. The molecular weight excluding hydrogens is 333 g/mol. The molecule has 0 saturated carbocycles. The van der Waals surface area contributed by atoms with Crippen LogP contribution in [0.3, 0.4) is 0 Å². The van der Waals surface area contributed by atoms with Crippen LogP contribution in [0.4, 0.5) is 10.1 Å². The minimum Gasteiger partial charge on any atom is -0.329 e. The van der Waals surface area contributed by atoms with Crippen molar-refractivity contribution in [2.75, 3.05) is 5.32 Å². The van der Waals surface area contributed by atoms with Crippen molar-refractivity contribution in [3.05, 3.63) is 52.5 Å². The Morgan fingerprint density at radius 1 is 1.39 bits per heavy atom. The summed E-state index contributed by atoms with van der Waals surface area (Å²) in [5.74, 6) is -0.372. The maximum atomic E-state index is 13.5. The Morgan fingerprint density at radius 2 is 2.17 bits per heavy atom. The van der Waals surface area contributed by atoms with Gasteiger partial charge in [-0.2, -0.15) is 5.10 Å². The minimum atomic E-state index is -0.372. The van der Waals surface area contributed by atoms with Crippen LogP contribution in [0, 0.1) is 19.7 Å². The quantitative estimate of drug-likeness (QED) is 0.433. The van der Waals surface area contributed by atoms with Gasteiger partial charge in [0.1, 0.15) is 5.82 Å². The molecule has 2 heterocycles. The number of aromatic nitrogens is 2. The second-order valence-corrected chi connectivity index (χ2v) is 6.13. The maximum Gasteiger partial charge on any atom is 0.194 e. The van der Waals surface area contributed by atoms with Crippen molar-refractivity contribution >= 4 is 45.5 Å². The first-order valence-corrected chi connectivity index (χ1v) is 8.13. The molecule has 2 aromatic heterocycles. The number of rotatable bonds is 3. The molecule has 3 rings (SSSR count). The molecule has 0 aliphatic heterocycles. The van der Waals surface area contributed by atoms with Gasteiger partial charge in [-0.05, 0) is 38.2 Å². The number of thiazole rings is 1. The van der Waals surface area contributed by atoms with E-state index < -0.39 is 0 Å². The van der Waals surface area contributed by atoms with Crippen molar-refractivity contribution in [1.82, 2.24) is 14.8 Å². The van der Waals surface area contributed by atoms with Crippen LogP contribution in [0.5, 0.6) is 0 Å². The summed E-state index contributed by atoms with van der Waals surface area (Å²) in [6.07, 6.45) is 1.66. The highest BCUT2D eigenvalue weighted by Crippen LogP contribution is 2.19. The molecule has 3 aromatic rings. The summed E-state index contributed by atoms with van der Waals surface area (Å²) in [6, 6.07) is 6.31. The molecule has 0 atom stereocenters. The number of thiocarbonyl (C=S) groups is 1. The number of para-hydroxylation sites is 1. The Kier molecular flexibility index (Phi) is 4.35. The van der Waals surface area contributed by atoms with E-state index in [9.17, 15) is 4.39 Å². The van der Waals surface area contributed by atoms with Gasteiger partial charge < -0.3 is 5.32 Å².